The monoisotopic (exact) mass is 516 g/mol. The molecule has 0 saturated heterocycles. The lowest BCUT2D eigenvalue weighted by Crippen LogP contribution is -2.01. The Morgan fingerprint density at radius 1 is 0.667 bits per heavy atom. The second-order valence-electron chi connectivity index (χ2n) is 7.49. The van der Waals surface area contributed by atoms with Gasteiger partial charge in [-0.05, 0) is 41.5 Å². The number of ether oxygens (including phenoxy) is 4. The van der Waals surface area contributed by atoms with Crippen LogP contribution in [0.3, 0.4) is 0 Å². The Morgan fingerprint density at radius 3 is 1.64 bits per heavy atom. The highest BCUT2D eigenvalue weighted by atomic mass is 31.2. The number of carbonyl (C=O) groups is 1. The molecule has 0 bridgehead atoms. The summed E-state index contributed by atoms with van der Waals surface area (Å²) in [4.78, 5) is 35.2. The van der Waals surface area contributed by atoms with E-state index in [4.69, 9.17) is 38.2 Å². The van der Waals surface area contributed by atoms with Crippen LogP contribution >= 0.6 is 7.82 Å². The molecule has 0 fully saturated rings. The summed E-state index contributed by atoms with van der Waals surface area (Å²) < 4.78 is 30.7. The molecule has 11 heteroatoms. The Labute approximate surface area is 207 Å². The zero-order valence-corrected chi connectivity index (χ0v) is 20.8. The van der Waals surface area contributed by atoms with Gasteiger partial charge in [-0.15, -0.1) is 0 Å². The predicted molar refractivity (Wildman–Crippen MR) is 132 cm³/mol. The number of aromatic hydroxyl groups is 1. The fourth-order valence-corrected chi connectivity index (χ4v) is 3.82. The summed E-state index contributed by atoms with van der Waals surface area (Å²) in [5.74, 6) is 2.17. The topological polar surface area (TPSA) is 152 Å². The fourth-order valence-electron chi connectivity index (χ4n) is 3.82. The smallest absolute Gasteiger partial charge is 0.466 e. The number of carbonyl (C=O) groups excluding carboxylic acids is 1. The third-order valence-electron chi connectivity index (χ3n) is 5.30. The number of hydrogen-bond donors (Lipinski definition) is 4. The number of ketones is 1. The second-order valence-corrected chi connectivity index (χ2v) is 8.52. The summed E-state index contributed by atoms with van der Waals surface area (Å²) in [5.41, 5.74) is 3.78. The average Bonchev–Trinajstić information content (AvgIpc) is 3.14. The van der Waals surface area contributed by atoms with Crippen molar-refractivity contribution in [2.45, 2.75) is 0 Å². The normalized spacial score (nSPS) is 12.5. The van der Waals surface area contributed by atoms with Crippen LogP contribution < -0.4 is 18.9 Å². The molecule has 0 unspecified atom stereocenters. The van der Waals surface area contributed by atoms with Crippen molar-refractivity contribution in [1.82, 2.24) is 0 Å². The Balaban J connectivity index is 0.000000658. The van der Waals surface area contributed by atoms with Gasteiger partial charge in [0.05, 0.1) is 28.4 Å². The van der Waals surface area contributed by atoms with E-state index < -0.39 is 7.82 Å². The van der Waals surface area contributed by atoms with Gasteiger partial charge in [-0.1, -0.05) is 12.1 Å². The van der Waals surface area contributed by atoms with E-state index in [1.807, 2.05) is 0 Å². The van der Waals surface area contributed by atoms with Crippen LogP contribution in [-0.4, -0.2) is 54.0 Å². The van der Waals surface area contributed by atoms with Gasteiger partial charge < -0.3 is 38.7 Å². The maximum absolute atomic E-state index is 13.7. The van der Waals surface area contributed by atoms with Crippen LogP contribution in [0, 0.1) is 0 Å². The number of rotatable bonds is 6. The molecule has 36 heavy (non-hydrogen) atoms. The number of methoxy groups -OCH3 is 4. The van der Waals surface area contributed by atoms with Gasteiger partial charge in [0.15, 0.2) is 5.78 Å². The molecule has 4 N–H and O–H groups in total. The SMILES string of the molecule is COc1cc(OC)cc(C2=C(c3ccc(O)cc3)c3c(OC)cc(OC)cc3C2=O)c1.O=P(O)(O)O. The molecule has 0 spiro atoms. The molecule has 190 valence electrons. The summed E-state index contributed by atoms with van der Waals surface area (Å²) in [6.07, 6.45) is 0. The van der Waals surface area contributed by atoms with E-state index in [-0.39, 0.29) is 11.5 Å². The Bertz CT molecular complexity index is 1330. The molecule has 3 aromatic rings. The van der Waals surface area contributed by atoms with Gasteiger partial charge in [0.1, 0.15) is 28.7 Å². The number of phosphoric acid groups is 1. The number of fused-ring (bicyclic) bond motifs is 1. The quantitative estimate of drug-likeness (QED) is 0.357. The van der Waals surface area contributed by atoms with Gasteiger partial charge >= 0.3 is 7.82 Å². The minimum atomic E-state index is -4.64. The first-order chi connectivity index (χ1) is 17.0. The lowest BCUT2D eigenvalue weighted by Gasteiger charge is -2.14. The zero-order chi connectivity index (χ0) is 26.6. The summed E-state index contributed by atoms with van der Waals surface area (Å²) in [6.45, 7) is 0. The molecular weight excluding hydrogens is 491 g/mol. The number of allylic oxidation sites excluding steroid dienone is 1. The molecular formula is C25H25O10P. The van der Waals surface area contributed by atoms with E-state index in [1.54, 1.807) is 83.0 Å². The first kappa shape index (κ1) is 26.8. The van der Waals surface area contributed by atoms with E-state index >= 15 is 0 Å². The summed E-state index contributed by atoms with van der Waals surface area (Å²) in [5, 5.41) is 9.78. The Morgan fingerprint density at radius 2 is 1.17 bits per heavy atom. The first-order valence-electron chi connectivity index (χ1n) is 10.4. The fraction of sp³-hybridized carbons (Fsp3) is 0.160. The molecule has 0 amide bonds. The lowest BCUT2D eigenvalue weighted by atomic mass is 9.93. The van der Waals surface area contributed by atoms with E-state index in [9.17, 15) is 9.90 Å². The molecule has 0 radical (unpaired) electrons. The van der Waals surface area contributed by atoms with Gasteiger partial charge in [0.2, 0.25) is 0 Å². The van der Waals surface area contributed by atoms with Crippen molar-refractivity contribution in [3.05, 3.63) is 76.9 Å². The van der Waals surface area contributed by atoms with Crippen molar-refractivity contribution in [1.29, 1.82) is 0 Å². The van der Waals surface area contributed by atoms with Crippen LogP contribution in [0.2, 0.25) is 0 Å². The lowest BCUT2D eigenvalue weighted by molar-refractivity contribution is 0.105. The standard InChI is InChI=1S/C25H22O6.H3O4P/c1-28-17-9-15(10-18(11-17)29-2)23-22(14-5-7-16(26)8-6-14)24-20(25(23)27)12-19(30-3)13-21(24)31-4;1-5(2,3)4/h5-13,26H,1-4H3;(H3,1,2,3,4). The second kappa shape index (κ2) is 10.8. The van der Waals surface area contributed by atoms with Crippen molar-refractivity contribution in [3.63, 3.8) is 0 Å². The van der Waals surface area contributed by atoms with Crippen LogP contribution in [0.25, 0.3) is 11.1 Å². The summed E-state index contributed by atoms with van der Waals surface area (Å²) in [6, 6.07) is 15.5. The Kier molecular flexibility index (Phi) is 8.07. The van der Waals surface area contributed by atoms with Crippen molar-refractivity contribution in [2.24, 2.45) is 0 Å². The van der Waals surface area contributed by atoms with Crippen LogP contribution in [-0.2, 0) is 4.57 Å². The highest BCUT2D eigenvalue weighted by Crippen LogP contribution is 2.48. The molecule has 0 atom stereocenters. The number of hydrogen-bond acceptors (Lipinski definition) is 7. The zero-order valence-electron chi connectivity index (χ0n) is 19.9. The summed E-state index contributed by atoms with van der Waals surface area (Å²) in [7, 11) is 1.59. The van der Waals surface area contributed by atoms with Crippen molar-refractivity contribution in [3.8, 4) is 28.7 Å². The largest absolute Gasteiger partial charge is 0.508 e. The molecule has 3 aromatic carbocycles. The van der Waals surface area contributed by atoms with Crippen LogP contribution in [0.1, 0.15) is 27.0 Å². The van der Waals surface area contributed by atoms with Crippen LogP contribution in [0.15, 0.2) is 54.6 Å². The molecule has 0 saturated carbocycles. The third kappa shape index (κ3) is 5.87. The average molecular weight is 516 g/mol. The van der Waals surface area contributed by atoms with Gasteiger partial charge in [0.25, 0.3) is 0 Å². The van der Waals surface area contributed by atoms with Crippen LogP contribution in [0.5, 0.6) is 28.7 Å². The third-order valence-corrected chi connectivity index (χ3v) is 5.30. The number of benzene rings is 3. The number of Topliss-reactive ketones (excluding diaryl/α,β-unsaturated/α-hetero) is 1. The highest BCUT2D eigenvalue weighted by molar-refractivity contribution is 7.45. The molecule has 1 aliphatic rings. The molecule has 0 aliphatic heterocycles. The van der Waals surface area contributed by atoms with Gasteiger partial charge in [-0.2, -0.15) is 0 Å². The maximum atomic E-state index is 13.7. The molecule has 4 rings (SSSR count). The van der Waals surface area contributed by atoms with Crippen LogP contribution in [0.4, 0.5) is 0 Å². The molecule has 0 heterocycles. The maximum Gasteiger partial charge on any atom is 0.466 e. The van der Waals surface area contributed by atoms with Gasteiger partial charge in [-0.3, -0.25) is 4.79 Å². The number of phenols is 1. The minimum absolute atomic E-state index is 0.139. The van der Waals surface area contributed by atoms with Crippen molar-refractivity contribution < 1.29 is 48.1 Å². The van der Waals surface area contributed by atoms with E-state index in [1.165, 1.54) is 0 Å². The van der Waals surface area contributed by atoms with Gasteiger partial charge in [0, 0.05) is 34.4 Å². The predicted octanol–water partition coefficient (Wildman–Crippen LogP) is 3.65. The van der Waals surface area contributed by atoms with Crippen molar-refractivity contribution in [2.75, 3.05) is 28.4 Å². The Hall–Kier alpha value is -3.82. The molecule has 10 nitrogen and oxygen atoms in total. The van der Waals surface area contributed by atoms with E-state index in [2.05, 4.69) is 0 Å². The van der Waals surface area contributed by atoms with E-state index in [0.717, 1.165) is 5.56 Å². The first-order valence-corrected chi connectivity index (χ1v) is 11.9. The molecule has 0 aromatic heterocycles. The van der Waals surface area contributed by atoms with Gasteiger partial charge in [-0.25, -0.2) is 4.57 Å². The minimum Gasteiger partial charge on any atom is -0.508 e. The highest BCUT2D eigenvalue weighted by Gasteiger charge is 2.35. The summed E-state index contributed by atoms with van der Waals surface area (Å²) >= 11 is 0. The van der Waals surface area contributed by atoms with Crippen molar-refractivity contribution >= 4 is 24.8 Å². The molecule has 1 aliphatic carbocycles. The number of phenolic OH excluding ortho intramolecular Hbond substituents is 1. The van der Waals surface area contributed by atoms with E-state index in [0.29, 0.717) is 50.8 Å².